The molecule has 0 amide bonds. The van der Waals surface area contributed by atoms with Crippen molar-refractivity contribution in [1.82, 2.24) is 0 Å². The van der Waals surface area contributed by atoms with Crippen molar-refractivity contribution in [2.45, 2.75) is 13.3 Å². The summed E-state index contributed by atoms with van der Waals surface area (Å²) in [7, 11) is 1.82. The number of hydrogen-bond acceptors (Lipinski definition) is 1. The van der Waals surface area contributed by atoms with E-state index >= 15 is 0 Å². The van der Waals surface area contributed by atoms with Gasteiger partial charge in [0.15, 0.2) is 0 Å². The van der Waals surface area contributed by atoms with Crippen LogP contribution in [0, 0.1) is 0 Å². The van der Waals surface area contributed by atoms with E-state index < -0.39 is 0 Å². The summed E-state index contributed by atoms with van der Waals surface area (Å²) in [5.74, 6) is 0. The average molecular weight is 173 g/mol. The maximum Gasteiger partial charge on any atom is 0.0639 e. The van der Waals surface area contributed by atoms with Crippen molar-refractivity contribution in [1.29, 1.82) is 0 Å². The van der Waals surface area contributed by atoms with Crippen LogP contribution >= 0.6 is 0 Å². The summed E-state index contributed by atoms with van der Waals surface area (Å²) in [5.41, 5.74) is 2.22. The number of aliphatic imine (C=N–C) groups is 1. The van der Waals surface area contributed by atoms with Gasteiger partial charge < -0.3 is 0 Å². The standard InChI is InChI=1S/C12H15N/c1-3-4-10-12(13-2)11-8-6-5-7-9-11/h4-10H,3H2,1-2H3/b10-4-,13-12?. The van der Waals surface area contributed by atoms with Crippen LogP contribution in [0.1, 0.15) is 18.9 Å². The summed E-state index contributed by atoms with van der Waals surface area (Å²) in [4.78, 5) is 4.23. The smallest absolute Gasteiger partial charge is 0.0639 e. The lowest BCUT2D eigenvalue weighted by Crippen LogP contribution is -1.95. The zero-order valence-corrected chi connectivity index (χ0v) is 8.20. The summed E-state index contributed by atoms with van der Waals surface area (Å²) in [6.07, 6.45) is 5.23. The third-order valence-electron chi connectivity index (χ3n) is 1.82. The minimum absolute atomic E-state index is 1.04. The van der Waals surface area contributed by atoms with E-state index in [1.165, 1.54) is 5.56 Å². The van der Waals surface area contributed by atoms with Crippen LogP contribution in [-0.2, 0) is 0 Å². The molecule has 0 unspecified atom stereocenters. The first-order valence-corrected chi connectivity index (χ1v) is 4.57. The number of benzene rings is 1. The fraction of sp³-hybridized carbons (Fsp3) is 0.250. The number of allylic oxidation sites excluding steroid dienone is 2. The molecule has 1 aromatic carbocycles. The molecule has 0 aromatic heterocycles. The molecule has 0 aliphatic carbocycles. The molecule has 0 radical (unpaired) electrons. The summed E-state index contributed by atoms with van der Waals surface area (Å²) >= 11 is 0. The molecule has 68 valence electrons. The lowest BCUT2D eigenvalue weighted by molar-refractivity contribution is 1.23. The zero-order valence-electron chi connectivity index (χ0n) is 8.20. The number of nitrogens with zero attached hydrogens (tertiary/aromatic N) is 1. The van der Waals surface area contributed by atoms with Crippen molar-refractivity contribution >= 4 is 5.71 Å². The van der Waals surface area contributed by atoms with Gasteiger partial charge in [-0.15, -0.1) is 0 Å². The van der Waals surface area contributed by atoms with Crippen LogP contribution in [0.3, 0.4) is 0 Å². The van der Waals surface area contributed by atoms with E-state index in [2.05, 4.69) is 36.2 Å². The van der Waals surface area contributed by atoms with Gasteiger partial charge >= 0.3 is 0 Å². The molecule has 0 aliphatic heterocycles. The van der Waals surface area contributed by atoms with Crippen LogP contribution in [0.25, 0.3) is 0 Å². The minimum atomic E-state index is 1.04. The first kappa shape index (κ1) is 9.72. The van der Waals surface area contributed by atoms with Gasteiger partial charge in [0, 0.05) is 7.05 Å². The maximum atomic E-state index is 4.23. The molecule has 13 heavy (non-hydrogen) atoms. The van der Waals surface area contributed by atoms with Gasteiger partial charge in [0.2, 0.25) is 0 Å². The van der Waals surface area contributed by atoms with Crippen molar-refractivity contribution in [3.8, 4) is 0 Å². The Morgan fingerprint density at radius 2 is 2.00 bits per heavy atom. The lowest BCUT2D eigenvalue weighted by Gasteiger charge is -1.98. The van der Waals surface area contributed by atoms with Gasteiger partial charge in [0.05, 0.1) is 5.71 Å². The Morgan fingerprint density at radius 3 is 2.54 bits per heavy atom. The van der Waals surface area contributed by atoms with Crippen molar-refractivity contribution in [2.75, 3.05) is 7.05 Å². The van der Waals surface area contributed by atoms with Gasteiger partial charge in [-0.25, -0.2) is 0 Å². The number of rotatable bonds is 3. The van der Waals surface area contributed by atoms with Crippen molar-refractivity contribution in [3.63, 3.8) is 0 Å². The van der Waals surface area contributed by atoms with Gasteiger partial charge in [0.1, 0.15) is 0 Å². The molecule has 0 fully saturated rings. The summed E-state index contributed by atoms with van der Waals surface area (Å²) < 4.78 is 0. The minimum Gasteiger partial charge on any atom is -0.288 e. The van der Waals surface area contributed by atoms with E-state index in [1.54, 1.807) is 0 Å². The van der Waals surface area contributed by atoms with E-state index in [0.29, 0.717) is 0 Å². The largest absolute Gasteiger partial charge is 0.288 e. The van der Waals surface area contributed by atoms with Gasteiger partial charge in [0.25, 0.3) is 0 Å². The fourth-order valence-corrected chi connectivity index (χ4v) is 1.14. The van der Waals surface area contributed by atoms with Crippen LogP contribution in [0.5, 0.6) is 0 Å². The Kier molecular flexibility index (Phi) is 3.97. The quantitative estimate of drug-likeness (QED) is 0.623. The lowest BCUT2D eigenvalue weighted by atomic mass is 10.1. The van der Waals surface area contributed by atoms with Crippen LogP contribution in [0.2, 0.25) is 0 Å². The molecule has 0 heterocycles. The highest BCUT2D eigenvalue weighted by Gasteiger charge is 1.94. The molecule has 1 nitrogen and oxygen atoms in total. The maximum absolute atomic E-state index is 4.23. The highest BCUT2D eigenvalue weighted by Crippen LogP contribution is 2.02. The van der Waals surface area contributed by atoms with E-state index in [1.807, 2.05) is 25.2 Å². The molecular formula is C12H15N. The molecule has 1 heteroatoms. The van der Waals surface area contributed by atoms with Gasteiger partial charge in [-0.05, 0) is 18.1 Å². The average Bonchev–Trinajstić information content (AvgIpc) is 2.21. The molecule has 0 atom stereocenters. The first-order chi connectivity index (χ1) is 6.38. The van der Waals surface area contributed by atoms with Crippen LogP contribution in [0.4, 0.5) is 0 Å². The van der Waals surface area contributed by atoms with Crippen molar-refractivity contribution in [2.24, 2.45) is 4.99 Å². The zero-order chi connectivity index (χ0) is 9.52. The molecule has 0 aliphatic rings. The topological polar surface area (TPSA) is 12.4 Å². The molecule has 0 spiro atoms. The van der Waals surface area contributed by atoms with Crippen LogP contribution in [-0.4, -0.2) is 12.8 Å². The second-order valence-electron chi connectivity index (χ2n) is 2.79. The molecular weight excluding hydrogens is 158 g/mol. The Hall–Kier alpha value is -1.37. The highest BCUT2D eigenvalue weighted by atomic mass is 14.7. The molecule has 0 bridgehead atoms. The van der Waals surface area contributed by atoms with Crippen LogP contribution in [0.15, 0.2) is 47.5 Å². The van der Waals surface area contributed by atoms with E-state index in [0.717, 1.165) is 12.1 Å². The van der Waals surface area contributed by atoms with Gasteiger partial charge in [-0.3, -0.25) is 4.99 Å². The van der Waals surface area contributed by atoms with E-state index in [-0.39, 0.29) is 0 Å². The molecule has 0 N–H and O–H groups in total. The Bertz CT molecular complexity index is 296. The highest BCUT2D eigenvalue weighted by molar-refractivity contribution is 6.08. The third kappa shape index (κ3) is 2.86. The van der Waals surface area contributed by atoms with Crippen molar-refractivity contribution < 1.29 is 0 Å². The van der Waals surface area contributed by atoms with E-state index in [4.69, 9.17) is 0 Å². The third-order valence-corrected chi connectivity index (χ3v) is 1.82. The second-order valence-corrected chi connectivity index (χ2v) is 2.79. The molecule has 1 aromatic rings. The molecule has 0 saturated heterocycles. The van der Waals surface area contributed by atoms with Gasteiger partial charge in [-0.1, -0.05) is 43.3 Å². The molecule has 0 saturated carbocycles. The summed E-state index contributed by atoms with van der Waals surface area (Å²) in [6, 6.07) is 10.2. The normalized spacial score (nSPS) is 12.3. The SMILES string of the molecule is CC/C=C\C(=NC)c1ccccc1. The predicted octanol–water partition coefficient (Wildman–Crippen LogP) is 3.07. The fourth-order valence-electron chi connectivity index (χ4n) is 1.14. The number of hydrogen-bond donors (Lipinski definition) is 0. The van der Waals surface area contributed by atoms with Crippen molar-refractivity contribution in [3.05, 3.63) is 48.0 Å². The summed E-state index contributed by atoms with van der Waals surface area (Å²) in [6.45, 7) is 2.12. The Morgan fingerprint density at radius 1 is 1.31 bits per heavy atom. The monoisotopic (exact) mass is 173 g/mol. The van der Waals surface area contributed by atoms with Gasteiger partial charge in [-0.2, -0.15) is 0 Å². The Labute approximate surface area is 79.8 Å². The molecule has 1 rings (SSSR count). The first-order valence-electron chi connectivity index (χ1n) is 4.57. The predicted molar refractivity (Wildman–Crippen MR) is 58.3 cm³/mol. The second kappa shape index (κ2) is 5.31. The van der Waals surface area contributed by atoms with Crippen LogP contribution < -0.4 is 0 Å². The van der Waals surface area contributed by atoms with E-state index in [9.17, 15) is 0 Å². The Balaban J connectivity index is 2.87. The summed E-state index contributed by atoms with van der Waals surface area (Å²) in [5, 5.41) is 0.